The Morgan fingerprint density at radius 1 is 0.529 bits per heavy atom. The molecule has 0 saturated carbocycles. The van der Waals surface area contributed by atoms with Crippen molar-refractivity contribution in [3.8, 4) is 0 Å². The average Bonchev–Trinajstić information content (AvgIpc) is 1.54. The molecule has 0 bridgehead atoms. The molecule has 0 saturated heterocycles. The van der Waals surface area contributed by atoms with Gasteiger partial charge in [-0.05, 0) is 0 Å². The van der Waals surface area contributed by atoms with Crippen molar-refractivity contribution in [2.24, 2.45) is 0 Å². The minimum absolute atomic E-state index is 0. The van der Waals surface area contributed by atoms with Crippen molar-refractivity contribution in [2.45, 2.75) is 0 Å². The monoisotopic (exact) mass is 400 g/mol. The van der Waals surface area contributed by atoms with Crippen molar-refractivity contribution in [1.82, 2.24) is 0 Å². The summed E-state index contributed by atoms with van der Waals surface area (Å²) < 4.78 is 25.6. The zero-order valence-electron chi connectivity index (χ0n) is 8.67. The molecule has 0 aromatic rings. The standard InChI is InChI=1S/2Na.3O3Si.2H2O.Zr/c;;3*1-4(2)3;;;/h;;;;;2*1H2;/q2*+1;3*-2;;;+4. The predicted octanol–water partition coefficient (Wildman–Crippen LogP) is -16.3. The van der Waals surface area contributed by atoms with Crippen LogP contribution in [0.1, 0.15) is 0 Å². The maximum absolute atomic E-state index is 8.52. The molecule has 0 aromatic heterocycles. The summed E-state index contributed by atoms with van der Waals surface area (Å²) in [4.78, 5) is 51.1. The van der Waals surface area contributed by atoms with Gasteiger partial charge in [-0.1, -0.05) is 0 Å². The molecule has 0 amide bonds. The van der Waals surface area contributed by atoms with Gasteiger partial charge in [-0.25, -0.2) is 0 Å². The van der Waals surface area contributed by atoms with E-state index in [1.807, 2.05) is 0 Å². The van der Waals surface area contributed by atoms with Gasteiger partial charge in [-0.3, -0.25) is 0 Å². The molecule has 11 nitrogen and oxygen atoms in total. The van der Waals surface area contributed by atoms with Gasteiger partial charge in [-0.15, -0.1) is 0 Å². The summed E-state index contributed by atoms with van der Waals surface area (Å²) in [5.41, 5.74) is 0. The molecule has 0 fully saturated rings. The van der Waals surface area contributed by atoms with Gasteiger partial charge in [0.2, 0.25) is 0 Å². The minimum atomic E-state index is -3.63. The van der Waals surface area contributed by atoms with E-state index in [0.29, 0.717) is 0 Å². The molecule has 0 aliphatic heterocycles. The SMILES string of the molecule is O.O.O=[Si]([O-])[O-].O=[Si]([O-])[O-].O=[Si]([O-])[O-].[Na+].[Na+].[Zr+4]. The van der Waals surface area contributed by atoms with Crippen LogP contribution in [0.3, 0.4) is 0 Å². The van der Waals surface area contributed by atoms with E-state index in [9.17, 15) is 0 Å². The molecule has 0 atom stereocenters. The first-order valence-electron chi connectivity index (χ1n) is 1.84. The molecular formula is H4Na2O11Si3Zr. The number of rotatable bonds is 0. The van der Waals surface area contributed by atoms with E-state index < -0.39 is 27.5 Å². The second-order valence-electron chi connectivity index (χ2n) is 0.750. The van der Waals surface area contributed by atoms with Crippen LogP contribution in [0, 0.1) is 0 Å². The zero-order valence-corrected chi connectivity index (χ0v) is 18.1. The largest absolute Gasteiger partial charge is 4.00 e. The Labute approximate surface area is 164 Å². The molecule has 0 heterocycles. The fraction of sp³-hybridized carbons (Fsp3) is 0. The summed E-state index contributed by atoms with van der Waals surface area (Å²) in [6.07, 6.45) is 0. The van der Waals surface area contributed by atoms with Gasteiger partial charge in [0.15, 0.2) is 0 Å². The molecule has 0 aliphatic rings. The summed E-state index contributed by atoms with van der Waals surface area (Å²) in [6.45, 7) is 0. The summed E-state index contributed by atoms with van der Waals surface area (Å²) >= 11 is 0. The fourth-order valence-corrected chi connectivity index (χ4v) is 0. The van der Waals surface area contributed by atoms with Crippen molar-refractivity contribution in [2.75, 3.05) is 0 Å². The first-order chi connectivity index (χ1) is 5.20. The Morgan fingerprint density at radius 2 is 0.529 bits per heavy atom. The van der Waals surface area contributed by atoms with Crippen molar-refractivity contribution in [3.63, 3.8) is 0 Å². The summed E-state index contributed by atoms with van der Waals surface area (Å²) in [5, 5.41) is 0. The topological polar surface area (TPSA) is 253 Å². The van der Waals surface area contributed by atoms with Crippen molar-refractivity contribution in [3.05, 3.63) is 0 Å². The Kier molecular flexibility index (Phi) is 130. The van der Waals surface area contributed by atoms with Gasteiger partial charge in [0.25, 0.3) is 0 Å². The fourth-order valence-electron chi connectivity index (χ4n) is 0. The van der Waals surface area contributed by atoms with E-state index in [1.165, 1.54) is 0 Å². The average molecular weight is 401 g/mol. The molecule has 0 rings (SSSR count). The minimum Gasteiger partial charge on any atom is -0.672 e. The van der Waals surface area contributed by atoms with E-state index >= 15 is 0 Å². The molecule has 0 aromatic carbocycles. The van der Waals surface area contributed by atoms with Crippen molar-refractivity contribution >= 4 is 27.5 Å². The molecule has 0 radical (unpaired) electrons. The molecule has 17 heteroatoms. The second kappa shape index (κ2) is 43.1. The third kappa shape index (κ3) is 1580. The van der Waals surface area contributed by atoms with Crippen LogP contribution in [0.5, 0.6) is 0 Å². The van der Waals surface area contributed by atoms with E-state index in [-0.39, 0.29) is 96.3 Å². The normalized spacial score (nSPS) is 4.24. The summed E-state index contributed by atoms with van der Waals surface area (Å²) in [6, 6.07) is 0. The Hall–Kier alpha value is 1.65. The van der Waals surface area contributed by atoms with E-state index in [4.69, 9.17) is 42.2 Å². The quantitative estimate of drug-likeness (QED) is 0.348. The van der Waals surface area contributed by atoms with Crippen LogP contribution in [0.4, 0.5) is 0 Å². The van der Waals surface area contributed by atoms with Crippen molar-refractivity contribution in [1.29, 1.82) is 0 Å². The summed E-state index contributed by atoms with van der Waals surface area (Å²) in [5.74, 6) is 0. The van der Waals surface area contributed by atoms with Crippen LogP contribution >= 0.6 is 0 Å². The van der Waals surface area contributed by atoms with Gasteiger partial charge in [-0.2, -0.15) is 0 Å². The third-order valence-corrected chi connectivity index (χ3v) is 0. The molecule has 4 N–H and O–H groups in total. The maximum Gasteiger partial charge on any atom is 4.00 e. The second-order valence-corrected chi connectivity index (χ2v) is 2.25. The van der Waals surface area contributed by atoms with Gasteiger partial charge < -0.3 is 53.1 Å². The number of hydrogen-bond acceptors (Lipinski definition) is 9. The summed E-state index contributed by atoms with van der Waals surface area (Å²) in [7, 11) is -10.9. The smallest absolute Gasteiger partial charge is 0.672 e. The molecular weight excluding hydrogens is 397 g/mol. The number of hydrogen-bond donors (Lipinski definition) is 0. The maximum atomic E-state index is 8.52. The molecule has 17 heavy (non-hydrogen) atoms. The Bertz CT molecular complexity index is 122. The van der Waals surface area contributed by atoms with Crippen LogP contribution in [0.25, 0.3) is 0 Å². The van der Waals surface area contributed by atoms with Gasteiger partial charge in [0.1, 0.15) is 0 Å². The van der Waals surface area contributed by atoms with Crippen LogP contribution in [0.2, 0.25) is 0 Å². The van der Waals surface area contributed by atoms with E-state index in [2.05, 4.69) is 0 Å². The third-order valence-electron chi connectivity index (χ3n) is 0. The van der Waals surface area contributed by atoms with Crippen LogP contribution in [0.15, 0.2) is 0 Å². The molecule has 88 valence electrons. The van der Waals surface area contributed by atoms with Crippen LogP contribution < -0.4 is 87.9 Å². The Balaban J connectivity index is -0.0000000104. The van der Waals surface area contributed by atoms with Crippen molar-refractivity contribution < 1.29 is 138 Å². The van der Waals surface area contributed by atoms with Gasteiger partial charge >= 0.3 is 85.3 Å². The molecule has 0 spiro atoms. The Morgan fingerprint density at radius 3 is 0.529 bits per heavy atom. The first-order valence-corrected chi connectivity index (χ1v) is 5.51. The van der Waals surface area contributed by atoms with Crippen LogP contribution in [-0.2, 0) is 39.6 Å². The predicted molar refractivity (Wildman–Crippen MR) is 26.5 cm³/mol. The van der Waals surface area contributed by atoms with Crippen LogP contribution in [-0.4, -0.2) is 38.5 Å². The van der Waals surface area contributed by atoms with E-state index in [1.54, 1.807) is 0 Å². The molecule has 0 unspecified atom stereocenters. The molecule has 0 aliphatic carbocycles. The van der Waals surface area contributed by atoms with Gasteiger partial charge in [0.05, 0.1) is 0 Å². The van der Waals surface area contributed by atoms with Gasteiger partial charge in [0, 0.05) is 27.5 Å². The zero-order chi connectivity index (χ0) is 10.7. The van der Waals surface area contributed by atoms with E-state index in [0.717, 1.165) is 0 Å². The first kappa shape index (κ1) is 51.2.